The van der Waals surface area contributed by atoms with E-state index in [1.165, 1.54) is 0 Å². The van der Waals surface area contributed by atoms with Gasteiger partial charge in [0.25, 0.3) is 0 Å². The molecule has 0 aromatic heterocycles. The first-order valence-corrected chi connectivity index (χ1v) is 6.46. The van der Waals surface area contributed by atoms with Crippen molar-refractivity contribution in [2.45, 2.75) is 31.8 Å². The third kappa shape index (κ3) is 3.17. The van der Waals surface area contributed by atoms with Crippen molar-refractivity contribution >= 4 is 17.7 Å². The molecule has 0 aliphatic heterocycles. The second-order valence-electron chi connectivity index (χ2n) is 4.15. The van der Waals surface area contributed by atoms with Crippen LogP contribution < -0.4 is 5.32 Å². The highest BCUT2D eigenvalue weighted by molar-refractivity contribution is 7.98. The van der Waals surface area contributed by atoms with E-state index < -0.39 is 5.60 Å². The Kier molecular flexibility index (Phi) is 4.26. The van der Waals surface area contributed by atoms with Crippen molar-refractivity contribution < 1.29 is 9.90 Å². The average Bonchev–Trinajstić information content (AvgIpc) is 2.11. The Labute approximate surface area is 89.6 Å². The summed E-state index contributed by atoms with van der Waals surface area (Å²) in [5.74, 6) is 0.929. The Morgan fingerprint density at radius 3 is 2.71 bits per heavy atom. The molecular weight excluding hydrogens is 198 g/mol. The van der Waals surface area contributed by atoms with Crippen molar-refractivity contribution in [3.8, 4) is 0 Å². The molecule has 0 spiro atoms. The van der Waals surface area contributed by atoms with Gasteiger partial charge in [-0.05, 0) is 25.5 Å². The molecule has 2 N–H and O–H groups in total. The van der Waals surface area contributed by atoms with Crippen LogP contribution in [0.1, 0.15) is 26.2 Å². The fourth-order valence-corrected chi connectivity index (χ4v) is 2.16. The van der Waals surface area contributed by atoms with Crippen molar-refractivity contribution in [1.29, 1.82) is 0 Å². The van der Waals surface area contributed by atoms with Crippen LogP contribution in [-0.2, 0) is 4.79 Å². The number of rotatable bonds is 5. The standard InChI is InChI=1S/C10H19NO2S/c1-8(6-14-2)9(12)11-7-10(13)4-3-5-10/h8,13H,3-7H2,1-2H3,(H,11,12)/t8-/m1/s1. The minimum Gasteiger partial charge on any atom is -0.388 e. The maximum absolute atomic E-state index is 11.5. The summed E-state index contributed by atoms with van der Waals surface area (Å²) >= 11 is 1.67. The lowest BCUT2D eigenvalue weighted by molar-refractivity contribution is -0.126. The maximum Gasteiger partial charge on any atom is 0.223 e. The molecule has 0 radical (unpaired) electrons. The van der Waals surface area contributed by atoms with Gasteiger partial charge >= 0.3 is 0 Å². The van der Waals surface area contributed by atoms with Gasteiger partial charge in [0.05, 0.1) is 5.60 Å². The van der Waals surface area contributed by atoms with Crippen molar-refractivity contribution in [3.63, 3.8) is 0 Å². The fraction of sp³-hybridized carbons (Fsp3) is 0.900. The lowest BCUT2D eigenvalue weighted by atomic mass is 9.80. The van der Waals surface area contributed by atoms with E-state index in [-0.39, 0.29) is 11.8 Å². The van der Waals surface area contributed by atoms with Crippen molar-refractivity contribution in [3.05, 3.63) is 0 Å². The highest BCUT2D eigenvalue weighted by atomic mass is 32.2. The fourth-order valence-electron chi connectivity index (χ4n) is 1.51. The van der Waals surface area contributed by atoms with Crippen LogP contribution in [0.15, 0.2) is 0 Å². The Hall–Kier alpha value is -0.220. The zero-order valence-electron chi connectivity index (χ0n) is 8.88. The minimum atomic E-state index is -0.602. The molecule has 1 aliphatic rings. The summed E-state index contributed by atoms with van der Waals surface area (Å²) in [4.78, 5) is 11.5. The Bertz CT molecular complexity index is 204. The number of nitrogens with one attached hydrogen (secondary N) is 1. The zero-order valence-corrected chi connectivity index (χ0v) is 9.69. The van der Waals surface area contributed by atoms with Crippen molar-refractivity contribution in [2.24, 2.45) is 5.92 Å². The average molecular weight is 217 g/mol. The smallest absolute Gasteiger partial charge is 0.223 e. The second kappa shape index (κ2) is 5.03. The van der Waals surface area contributed by atoms with Gasteiger partial charge < -0.3 is 10.4 Å². The molecule has 0 saturated heterocycles. The Morgan fingerprint density at radius 1 is 1.64 bits per heavy atom. The molecule has 0 aromatic carbocycles. The third-order valence-corrected chi connectivity index (χ3v) is 3.57. The summed E-state index contributed by atoms with van der Waals surface area (Å²) in [7, 11) is 0. The number of carbonyl (C=O) groups is 1. The highest BCUT2D eigenvalue weighted by Crippen LogP contribution is 2.30. The summed E-state index contributed by atoms with van der Waals surface area (Å²) in [6.07, 6.45) is 4.71. The van der Waals surface area contributed by atoms with Crippen LogP contribution >= 0.6 is 11.8 Å². The van der Waals surface area contributed by atoms with Crippen LogP contribution in [0, 0.1) is 5.92 Å². The number of thioether (sulfide) groups is 1. The van der Waals surface area contributed by atoms with Gasteiger partial charge in [0, 0.05) is 18.2 Å². The van der Waals surface area contributed by atoms with Gasteiger partial charge in [0.15, 0.2) is 0 Å². The van der Waals surface area contributed by atoms with E-state index in [1.807, 2.05) is 13.2 Å². The van der Waals surface area contributed by atoms with Gasteiger partial charge in [-0.25, -0.2) is 0 Å². The minimum absolute atomic E-state index is 0.0358. The monoisotopic (exact) mass is 217 g/mol. The predicted octanol–water partition coefficient (Wildman–Crippen LogP) is 1.02. The van der Waals surface area contributed by atoms with E-state index >= 15 is 0 Å². The van der Waals surface area contributed by atoms with E-state index in [0.717, 1.165) is 25.0 Å². The molecule has 1 amide bonds. The molecule has 0 unspecified atom stereocenters. The van der Waals surface area contributed by atoms with Crippen LogP contribution in [0.3, 0.4) is 0 Å². The van der Waals surface area contributed by atoms with E-state index in [1.54, 1.807) is 11.8 Å². The largest absolute Gasteiger partial charge is 0.388 e. The number of hydrogen-bond acceptors (Lipinski definition) is 3. The van der Waals surface area contributed by atoms with Crippen LogP contribution in [0.5, 0.6) is 0 Å². The second-order valence-corrected chi connectivity index (χ2v) is 5.06. The van der Waals surface area contributed by atoms with Gasteiger partial charge in [-0.1, -0.05) is 6.92 Å². The van der Waals surface area contributed by atoms with Gasteiger partial charge in [0.1, 0.15) is 0 Å². The van der Waals surface area contributed by atoms with Crippen LogP contribution in [0.2, 0.25) is 0 Å². The molecule has 0 aromatic rings. The molecule has 1 aliphatic carbocycles. The van der Waals surface area contributed by atoms with E-state index in [0.29, 0.717) is 6.54 Å². The molecule has 1 saturated carbocycles. The normalized spacial score (nSPS) is 21.1. The number of aliphatic hydroxyl groups is 1. The SMILES string of the molecule is CSC[C@@H](C)C(=O)NCC1(O)CCC1. The summed E-state index contributed by atoms with van der Waals surface area (Å²) < 4.78 is 0. The topological polar surface area (TPSA) is 49.3 Å². The summed E-state index contributed by atoms with van der Waals surface area (Å²) in [5.41, 5.74) is -0.602. The van der Waals surface area contributed by atoms with Gasteiger partial charge in [-0.3, -0.25) is 4.79 Å². The first-order valence-electron chi connectivity index (χ1n) is 5.06. The van der Waals surface area contributed by atoms with Gasteiger partial charge in [-0.15, -0.1) is 0 Å². The van der Waals surface area contributed by atoms with Crippen LogP contribution in [-0.4, -0.2) is 35.2 Å². The number of carbonyl (C=O) groups excluding carboxylic acids is 1. The lowest BCUT2D eigenvalue weighted by Crippen LogP contribution is -2.48. The lowest BCUT2D eigenvalue weighted by Gasteiger charge is -2.36. The quantitative estimate of drug-likeness (QED) is 0.723. The summed E-state index contributed by atoms with van der Waals surface area (Å²) in [6.45, 7) is 2.33. The molecule has 82 valence electrons. The van der Waals surface area contributed by atoms with E-state index in [4.69, 9.17) is 0 Å². The van der Waals surface area contributed by atoms with Crippen LogP contribution in [0.25, 0.3) is 0 Å². The predicted molar refractivity (Wildman–Crippen MR) is 59.4 cm³/mol. The number of hydrogen-bond donors (Lipinski definition) is 2. The first-order chi connectivity index (χ1) is 6.57. The van der Waals surface area contributed by atoms with E-state index in [9.17, 15) is 9.90 Å². The summed E-state index contributed by atoms with van der Waals surface area (Å²) in [5, 5.41) is 12.6. The van der Waals surface area contributed by atoms with Gasteiger partial charge in [-0.2, -0.15) is 11.8 Å². The first kappa shape index (κ1) is 11.9. The number of amides is 1. The van der Waals surface area contributed by atoms with Gasteiger partial charge in [0.2, 0.25) is 5.91 Å². The van der Waals surface area contributed by atoms with Crippen LogP contribution in [0.4, 0.5) is 0 Å². The van der Waals surface area contributed by atoms with Crippen molar-refractivity contribution in [2.75, 3.05) is 18.6 Å². The molecule has 3 nitrogen and oxygen atoms in total. The molecule has 0 bridgehead atoms. The molecule has 1 rings (SSSR count). The summed E-state index contributed by atoms with van der Waals surface area (Å²) in [6, 6.07) is 0. The van der Waals surface area contributed by atoms with E-state index in [2.05, 4.69) is 5.32 Å². The molecule has 4 heteroatoms. The zero-order chi connectivity index (χ0) is 10.6. The highest BCUT2D eigenvalue weighted by Gasteiger charge is 2.34. The molecule has 1 atom stereocenters. The third-order valence-electron chi connectivity index (χ3n) is 2.74. The molecule has 0 heterocycles. The van der Waals surface area contributed by atoms with Crippen molar-refractivity contribution in [1.82, 2.24) is 5.32 Å². The Balaban J connectivity index is 2.20. The maximum atomic E-state index is 11.5. The molecule has 14 heavy (non-hydrogen) atoms. The molecular formula is C10H19NO2S. The Morgan fingerprint density at radius 2 is 2.29 bits per heavy atom. The molecule has 1 fully saturated rings.